The van der Waals surface area contributed by atoms with Gasteiger partial charge in [-0.1, -0.05) is 17.5 Å². The molecule has 14 heteroatoms. The van der Waals surface area contributed by atoms with Crippen molar-refractivity contribution in [2.45, 2.75) is 25.4 Å². The largest absolute Gasteiger partial charge is 0.418 e. The second kappa shape index (κ2) is 11.3. The van der Waals surface area contributed by atoms with Crippen LogP contribution in [0.2, 0.25) is 5.02 Å². The number of rotatable bonds is 7. The number of aliphatic hydroxyl groups excluding tert-OH is 2. The molecule has 0 saturated heterocycles. The number of thiazole rings is 1. The number of aliphatic hydroxyl groups is 2. The Morgan fingerprint density at radius 2 is 2.00 bits per heavy atom. The van der Waals surface area contributed by atoms with Crippen molar-refractivity contribution >= 4 is 34.7 Å². The summed E-state index contributed by atoms with van der Waals surface area (Å²) < 4.78 is 38.9. The van der Waals surface area contributed by atoms with E-state index in [4.69, 9.17) is 16.7 Å². The van der Waals surface area contributed by atoms with Crippen molar-refractivity contribution in [1.29, 1.82) is 0 Å². The number of carbonyl (C=O) groups excluding carboxylic acids is 1. The summed E-state index contributed by atoms with van der Waals surface area (Å²) in [5.41, 5.74) is -0.487. The number of pyridine rings is 1. The van der Waals surface area contributed by atoms with Gasteiger partial charge in [-0.15, -0.1) is 11.3 Å². The molecule has 0 saturated carbocycles. The Morgan fingerprint density at radius 3 is 2.74 bits per heavy atom. The Kier molecular flexibility index (Phi) is 8.48. The third-order valence-corrected chi connectivity index (χ3v) is 5.35. The zero-order valence-electron chi connectivity index (χ0n) is 17.1. The second-order valence-corrected chi connectivity index (χ2v) is 8.03. The zero-order chi connectivity index (χ0) is 24.7. The topological polar surface area (TPSA) is 133 Å². The van der Waals surface area contributed by atoms with Gasteiger partial charge in [0.25, 0.3) is 5.91 Å². The fraction of sp³-hybridized carbons (Fsp3) is 0.250. The molecule has 0 spiro atoms. The molecule has 3 rings (SSSR count). The summed E-state index contributed by atoms with van der Waals surface area (Å²) in [6.07, 6.45) is -2.28. The highest BCUT2D eigenvalue weighted by Gasteiger charge is 2.34. The first-order chi connectivity index (χ1) is 16.2. The van der Waals surface area contributed by atoms with Crippen molar-refractivity contribution < 1.29 is 28.2 Å². The first-order valence-electron chi connectivity index (χ1n) is 9.49. The third kappa shape index (κ3) is 6.92. The van der Waals surface area contributed by atoms with Gasteiger partial charge >= 0.3 is 6.18 Å². The maximum atomic E-state index is 13.0. The molecule has 3 heterocycles. The SMILES string of the molecule is O=C(Nc1cc(C(F)(F)F)c(Cl)cn1)c1cnc(CNC(O)c2cc(C#CCCO)ncn2)s1. The normalized spacial score (nSPS) is 12.1. The van der Waals surface area contributed by atoms with Crippen LogP contribution in [-0.4, -0.2) is 42.7 Å². The number of carbonyl (C=O) groups is 1. The quantitative estimate of drug-likeness (QED) is 0.280. The standard InChI is InChI=1S/C20H16ClF3N6O3S/c21-13-7-25-16(6-12(13)20(22,23)24)30-19(33)15-8-26-17(34-15)9-27-18(32)14-5-11(28-10-29-14)3-1-2-4-31/h5-8,10,18,27,31-32H,2,4,9H2,(H,25,30,33). The lowest BCUT2D eigenvalue weighted by molar-refractivity contribution is -0.137. The van der Waals surface area contributed by atoms with E-state index < -0.39 is 28.9 Å². The molecular formula is C20H16ClF3N6O3S. The van der Waals surface area contributed by atoms with E-state index in [9.17, 15) is 23.1 Å². The molecule has 0 aliphatic heterocycles. The summed E-state index contributed by atoms with van der Waals surface area (Å²) in [6.45, 7) is -0.000189. The molecule has 1 unspecified atom stereocenters. The van der Waals surface area contributed by atoms with Crippen LogP contribution >= 0.6 is 22.9 Å². The zero-order valence-corrected chi connectivity index (χ0v) is 18.7. The summed E-state index contributed by atoms with van der Waals surface area (Å²) in [4.78, 5) is 28.2. The number of nitrogens with zero attached hydrogens (tertiary/aromatic N) is 4. The minimum atomic E-state index is -4.69. The first-order valence-corrected chi connectivity index (χ1v) is 10.7. The van der Waals surface area contributed by atoms with E-state index in [1.807, 2.05) is 0 Å². The van der Waals surface area contributed by atoms with Gasteiger partial charge in [-0.3, -0.25) is 10.1 Å². The monoisotopic (exact) mass is 512 g/mol. The van der Waals surface area contributed by atoms with Crippen molar-refractivity contribution in [3.8, 4) is 11.8 Å². The molecule has 9 nitrogen and oxygen atoms in total. The van der Waals surface area contributed by atoms with Crippen molar-refractivity contribution in [1.82, 2.24) is 25.3 Å². The highest BCUT2D eigenvalue weighted by atomic mass is 35.5. The number of nitrogens with one attached hydrogen (secondary N) is 2. The van der Waals surface area contributed by atoms with Gasteiger partial charge in [0.05, 0.1) is 35.6 Å². The second-order valence-electron chi connectivity index (χ2n) is 6.51. The Balaban J connectivity index is 1.60. The molecule has 0 fully saturated rings. The molecule has 34 heavy (non-hydrogen) atoms. The van der Waals surface area contributed by atoms with Crippen LogP contribution in [0.25, 0.3) is 0 Å². The van der Waals surface area contributed by atoms with Crippen molar-refractivity contribution in [2.75, 3.05) is 11.9 Å². The van der Waals surface area contributed by atoms with Crippen molar-refractivity contribution in [3.05, 3.63) is 62.7 Å². The molecular weight excluding hydrogens is 497 g/mol. The minimum Gasteiger partial charge on any atom is -0.395 e. The maximum absolute atomic E-state index is 13.0. The lowest BCUT2D eigenvalue weighted by Gasteiger charge is -2.11. The van der Waals surface area contributed by atoms with E-state index >= 15 is 0 Å². The van der Waals surface area contributed by atoms with Gasteiger partial charge in [-0.25, -0.2) is 19.9 Å². The number of aromatic nitrogens is 4. The van der Waals surface area contributed by atoms with Crippen LogP contribution in [0.5, 0.6) is 0 Å². The van der Waals surface area contributed by atoms with Gasteiger partial charge in [0.2, 0.25) is 0 Å². The molecule has 1 amide bonds. The molecule has 1 atom stereocenters. The molecule has 0 aliphatic rings. The number of hydrogen-bond donors (Lipinski definition) is 4. The van der Waals surface area contributed by atoms with Crippen LogP contribution in [0.15, 0.2) is 30.9 Å². The van der Waals surface area contributed by atoms with Crippen LogP contribution in [-0.2, 0) is 12.7 Å². The summed E-state index contributed by atoms with van der Waals surface area (Å²) in [5.74, 6) is 4.44. The fourth-order valence-electron chi connectivity index (χ4n) is 2.49. The van der Waals surface area contributed by atoms with Gasteiger partial charge in [0, 0.05) is 12.6 Å². The molecule has 178 valence electrons. The van der Waals surface area contributed by atoms with Gasteiger partial charge in [-0.05, 0) is 18.1 Å². The summed E-state index contributed by atoms with van der Waals surface area (Å²) in [5, 5.41) is 24.0. The Morgan fingerprint density at radius 1 is 1.21 bits per heavy atom. The first kappa shape index (κ1) is 25.5. The lowest BCUT2D eigenvalue weighted by Crippen LogP contribution is -2.21. The van der Waals surface area contributed by atoms with E-state index in [1.54, 1.807) is 0 Å². The number of halogens is 4. The molecule has 0 radical (unpaired) electrons. The molecule has 3 aromatic rings. The Labute approximate surface area is 200 Å². The van der Waals surface area contributed by atoms with Crippen LogP contribution in [0.4, 0.5) is 19.0 Å². The molecule has 3 aromatic heterocycles. The highest BCUT2D eigenvalue weighted by molar-refractivity contribution is 7.13. The minimum absolute atomic E-state index is 0.0755. The van der Waals surface area contributed by atoms with Gasteiger partial charge in [-0.2, -0.15) is 13.2 Å². The number of hydrogen-bond acceptors (Lipinski definition) is 9. The van der Waals surface area contributed by atoms with E-state index in [1.165, 1.54) is 18.6 Å². The smallest absolute Gasteiger partial charge is 0.395 e. The van der Waals surface area contributed by atoms with Crippen LogP contribution in [0.1, 0.15) is 44.3 Å². The third-order valence-electron chi connectivity index (χ3n) is 4.05. The van der Waals surface area contributed by atoms with Crippen molar-refractivity contribution in [2.24, 2.45) is 0 Å². The van der Waals surface area contributed by atoms with Gasteiger partial charge in [0.1, 0.15) is 34.0 Å². The summed E-state index contributed by atoms with van der Waals surface area (Å²) in [7, 11) is 0. The molecule has 0 aromatic carbocycles. The molecule has 0 aliphatic carbocycles. The maximum Gasteiger partial charge on any atom is 0.418 e. The fourth-order valence-corrected chi connectivity index (χ4v) is 3.46. The summed E-state index contributed by atoms with van der Waals surface area (Å²) >= 11 is 6.50. The molecule has 0 bridgehead atoms. The average molecular weight is 513 g/mol. The van der Waals surface area contributed by atoms with E-state index in [-0.39, 0.29) is 36.0 Å². The predicted molar refractivity (Wildman–Crippen MR) is 117 cm³/mol. The van der Waals surface area contributed by atoms with Crippen LogP contribution < -0.4 is 10.6 Å². The van der Waals surface area contributed by atoms with E-state index in [0.29, 0.717) is 16.8 Å². The average Bonchev–Trinajstić information content (AvgIpc) is 3.28. The Bertz CT molecular complexity index is 1230. The van der Waals surface area contributed by atoms with Crippen molar-refractivity contribution in [3.63, 3.8) is 0 Å². The van der Waals surface area contributed by atoms with Gasteiger partial charge < -0.3 is 15.5 Å². The molecule has 4 N–H and O–H groups in total. The summed E-state index contributed by atoms with van der Waals surface area (Å²) in [6, 6.07) is 2.13. The Hall–Kier alpha value is -3.15. The van der Waals surface area contributed by atoms with E-state index in [0.717, 1.165) is 17.5 Å². The lowest BCUT2D eigenvalue weighted by atomic mass is 10.2. The predicted octanol–water partition coefficient (Wildman–Crippen LogP) is 2.77. The van der Waals surface area contributed by atoms with Crippen LogP contribution in [0.3, 0.4) is 0 Å². The van der Waals surface area contributed by atoms with Crippen LogP contribution in [0, 0.1) is 11.8 Å². The number of amides is 1. The van der Waals surface area contributed by atoms with Gasteiger partial charge in [0.15, 0.2) is 0 Å². The number of anilines is 1. The number of alkyl halides is 3. The van der Waals surface area contributed by atoms with E-state index in [2.05, 4.69) is 42.4 Å². The highest BCUT2D eigenvalue weighted by Crippen LogP contribution is 2.35.